The molecule has 28 heavy (non-hydrogen) atoms. The smallest absolute Gasteiger partial charge is 0.251 e. The number of carbonyl (C=O) groups is 1. The van der Waals surface area contributed by atoms with Crippen molar-refractivity contribution in [3.05, 3.63) is 71.8 Å². The lowest BCUT2D eigenvalue weighted by molar-refractivity contribution is 0.0938. The van der Waals surface area contributed by atoms with E-state index in [1.54, 1.807) is 13.2 Å². The molecule has 1 amide bonds. The van der Waals surface area contributed by atoms with Gasteiger partial charge in [0, 0.05) is 22.6 Å². The first-order chi connectivity index (χ1) is 13.6. The highest BCUT2D eigenvalue weighted by molar-refractivity contribution is 5.94. The minimum absolute atomic E-state index is 0.0741. The van der Waals surface area contributed by atoms with Crippen molar-refractivity contribution in [2.45, 2.75) is 39.3 Å². The minimum atomic E-state index is -0.0741. The highest BCUT2D eigenvalue weighted by Crippen LogP contribution is 2.28. The highest BCUT2D eigenvalue weighted by Gasteiger charge is 2.13. The molecule has 0 saturated carbocycles. The molecule has 0 aliphatic heterocycles. The lowest BCUT2D eigenvalue weighted by atomic mass is 10.1. The molecule has 4 nitrogen and oxygen atoms in total. The van der Waals surface area contributed by atoms with Crippen molar-refractivity contribution in [3.8, 4) is 11.5 Å². The van der Waals surface area contributed by atoms with Gasteiger partial charge in [0.1, 0.15) is 18.1 Å². The van der Waals surface area contributed by atoms with E-state index < -0.39 is 0 Å². The van der Waals surface area contributed by atoms with E-state index >= 15 is 0 Å². The number of hydrogen-bond acceptors (Lipinski definition) is 3. The van der Waals surface area contributed by atoms with Gasteiger partial charge in [-0.25, -0.2) is 0 Å². The van der Waals surface area contributed by atoms with Crippen LogP contribution < -0.4 is 14.8 Å². The molecule has 3 aromatic carbocycles. The Kier molecular flexibility index (Phi) is 6.53. The summed E-state index contributed by atoms with van der Waals surface area (Å²) in [5.74, 6) is 1.44. The van der Waals surface area contributed by atoms with Gasteiger partial charge in [-0.2, -0.15) is 0 Å². The molecule has 0 saturated heterocycles. The average molecular weight is 377 g/mol. The number of benzene rings is 3. The number of hydrogen-bond donors (Lipinski definition) is 1. The van der Waals surface area contributed by atoms with E-state index in [4.69, 9.17) is 9.47 Å². The molecule has 0 bridgehead atoms. The van der Waals surface area contributed by atoms with Crippen molar-refractivity contribution in [3.63, 3.8) is 0 Å². The zero-order chi connectivity index (χ0) is 19.9. The largest absolute Gasteiger partial charge is 0.496 e. The molecular weight excluding hydrogens is 350 g/mol. The Morgan fingerprint density at radius 1 is 1.04 bits per heavy atom. The number of fused-ring (bicyclic) bond motifs is 1. The van der Waals surface area contributed by atoms with Gasteiger partial charge in [-0.1, -0.05) is 49.7 Å². The third-order valence-electron chi connectivity index (χ3n) is 4.77. The molecule has 0 heterocycles. The van der Waals surface area contributed by atoms with Crippen molar-refractivity contribution in [1.82, 2.24) is 5.32 Å². The van der Waals surface area contributed by atoms with E-state index in [-0.39, 0.29) is 11.9 Å². The van der Waals surface area contributed by atoms with Crippen LogP contribution in [0, 0.1) is 0 Å². The fourth-order valence-corrected chi connectivity index (χ4v) is 3.32. The van der Waals surface area contributed by atoms with Gasteiger partial charge < -0.3 is 14.8 Å². The molecular formula is C24H27NO3. The maximum Gasteiger partial charge on any atom is 0.251 e. The van der Waals surface area contributed by atoms with Crippen LogP contribution in [0.3, 0.4) is 0 Å². The van der Waals surface area contributed by atoms with Gasteiger partial charge in [0.05, 0.1) is 7.11 Å². The van der Waals surface area contributed by atoms with Crippen LogP contribution in [-0.2, 0) is 6.61 Å². The van der Waals surface area contributed by atoms with Gasteiger partial charge >= 0.3 is 0 Å². The summed E-state index contributed by atoms with van der Waals surface area (Å²) in [6.45, 7) is 4.46. The Morgan fingerprint density at radius 3 is 2.61 bits per heavy atom. The molecule has 1 N–H and O–H groups in total. The second kappa shape index (κ2) is 9.27. The van der Waals surface area contributed by atoms with Gasteiger partial charge in [-0.15, -0.1) is 0 Å². The molecule has 4 heteroatoms. The summed E-state index contributed by atoms with van der Waals surface area (Å²) >= 11 is 0. The summed E-state index contributed by atoms with van der Waals surface area (Å²) in [6.07, 6.45) is 1.99. The molecule has 146 valence electrons. The second-order valence-electron chi connectivity index (χ2n) is 6.96. The molecule has 3 aromatic rings. The zero-order valence-electron chi connectivity index (χ0n) is 16.7. The number of nitrogens with one attached hydrogen (secondary N) is 1. The third-order valence-corrected chi connectivity index (χ3v) is 4.77. The summed E-state index contributed by atoms with van der Waals surface area (Å²) < 4.78 is 11.6. The number of amides is 1. The summed E-state index contributed by atoms with van der Waals surface area (Å²) in [6, 6.07) is 19.7. The molecule has 3 rings (SSSR count). The lowest BCUT2D eigenvalue weighted by Gasteiger charge is -2.15. The summed E-state index contributed by atoms with van der Waals surface area (Å²) in [4.78, 5) is 12.5. The maximum absolute atomic E-state index is 12.5. The highest BCUT2D eigenvalue weighted by atomic mass is 16.5. The van der Waals surface area contributed by atoms with Crippen LogP contribution >= 0.6 is 0 Å². The Labute approximate surface area is 166 Å². The van der Waals surface area contributed by atoms with Crippen LogP contribution in [0.5, 0.6) is 11.5 Å². The standard InChI is InChI=1S/C24H27NO3/c1-4-8-17(2)25-24(26)19-13-14-22(27-3)20(15-19)16-28-23-12-7-10-18-9-5-6-11-21(18)23/h5-7,9-15,17H,4,8,16H2,1-3H3,(H,25,26). The van der Waals surface area contributed by atoms with Crippen LogP contribution in [0.15, 0.2) is 60.7 Å². The SMILES string of the molecule is CCCC(C)NC(=O)c1ccc(OC)c(COc2cccc3ccccc23)c1. The minimum Gasteiger partial charge on any atom is -0.496 e. The van der Waals surface area contributed by atoms with E-state index in [9.17, 15) is 4.79 Å². The summed E-state index contributed by atoms with van der Waals surface area (Å²) in [7, 11) is 1.62. The van der Waals surface area contributed by atoms with Crippen LogP contribution in [0.2, 0.25) is 0 Å². The number of ether oxygens (including phenoxy) is 2. The molecule has 1 unspecified atom stereocenters. The monoisotopic (exact) mass is 377 g/mol. The predicted molar refractivity (Wildman–Crippen MR) is 113 cm³/mol. The van der Waals surface area contributed by atoms with Crippen molar-refractivity contribution < 1.29 is 14.3 Å². The van der Waals surface area contributed by atoms with E-state index in [1.807, 2.05) is 49.4 Å². The van der Waals surface area contributed by atoms with Gasteiger partial charge in [0.25, 0.3) is 5.91 Å². The van der Waals surface area contributed by atoms with E-state index in [0.717, 1.165) is 34.9 Å². The number of carbonyl (C=O) groups excluding carboxylic acids is 1. The van der Waals surface area contributed by atoms with Crippen LogP contribution in [0.4, 0.5) is 0 Å². The van der Waals surface area contributed by atoms with Crippen molar-refractivity contribution in [1.29, 1.82) is 0 Å². The fraction of sp³-hybridized carbons (Fsp3) is 0.292. The molecule has 0 spiro atoms. The van der Waals surface area contributed by atoms with Gasteiger partial charge in [-0.05, 0) is 43.0 Å². The topological polar surface area (TPSA) is 47.6 Å². The van der Waals surface area contributed by atoms with Crippen molar-refractivity contribution >= 4 is 16.7 Å². The predicted octanol–water partition coefficient (Wildman–Crippen LogP) is 5.35. The Bertz CT molecular complexity index is 946. The molecule has 0 fully saturated rings. The second-order valence-corrected chi connectivity index (χ2v) is 6.96. The van der Waals surface area contributed by atoms with Crippen molar-refractivity contribution in [2.24, 2.45) is 0 Å². The first-order valence-electron chi connectivity index (χ1n) is 9.70. The first-order valence-corrected chi connectivity index (χ1v) is 9.70. The van der Waals surface area contributed by atoms with E-state index in [1.165, 1.54) is 0 Å². The molecule has 0 radical (unpaired) electrons. The normalized spacial score (nSPS) is 11.8. The fourth-order valence-electron chi connectivity index (χ4n) is 3.32. The van der Waals surface area contributed by atoms with Crippen LogP contribution in [-0.4, -0.2) is 19.1 Å². The molecule has 1 atom stereocenters. The van der Waals surface area contributed by atoms with Gasteiger partial charge in [-0.3, -0.25) is 4.79 Å². The van der Waals surface area contributed by atoms with Gasteiger partial charge in [0.2, 0.25) is 0 Å². The Morgan fingerprint density at radius 2 is 1.82 bits per heavy atom. The molecule has 0 aliphatic rings. The van der Waals surface area contributed by atoms with E-state index in [2.05, 4.69) is 24.4 Å². The summed E-state index contributed by atoms with van der Waals surface area (Å²) in [5.41, 5.74) is 1.45. The number of methoxy groups -OCH3 is 1. The Balaban J connectivity index is 1.79. The number of rotatable bonds is 8. The maximum atomic E-state index is 12.5. The van der Waals surface area contributed by atoms with Crippen molar-refractivity contribution in [2.75, 3.05) is 7.11 Å². The van der Waals surface area contributed by atoms with Crippen LogP contribution in [0.25, 0.3) is 10.8 Å². The molecule has 0 aliphatic carbocycles. The summed E-state index contributed by atoms with van der Waals surface area (Å²) in [5, 5.41) is 5.23. The van der Waals surface area contributed by atoms with E-state index in [0.29, 0.717) is 17.9 Å². The lowest BCUT2D eigenvalue weighted by Crippen LogP contribution is -2.32. The first kappa shape index (κ1) is 19.7. The average Bonchev–Trinajstić information content (AvgIpc) is 2.72. The zero-order valence-corrected chi connectivity index (χ0v) is 16.7. The Hall–Kier alpha value is -3.01. The van der Waals surface area contributed by atoms with Crippen LogP contribution in [0.1, 0.15) is 42.6 Å². The van der Waals surface area contributed by atoms with Gasteiger partial charge in [0.15, 0.2) is 0 Å². The molecule has 0 aromatic heterocycles. The quantitative estimate of drug-likeness (QED) is 0.576. The third kappa shape index (κ3) is 4.63.